The van der Waals surface area contributed by atoms with Crippen molar-refractivity contribution in [2.75, 3.05) is 19.8 Å². The molecule has 0 aliphatic rings. The summed E-state index contributed by atoms with van der Waals surface area (Å²) >= 11 is 0. The fourth-order valence-electron chi connectivity index (χ4n) is 1.57. The molecule has 106 valence electrons. The third kappa shape index (κ3) is 4.50. The smallest absolute Gasteiger partial charge is 0.365 e. The zero-order valence-corrected chi connectivity index (χ0v) is 12.4. The van der Waals surface area contributed by atoms with Crippen LogP contribution in [0.5, 0.6) is 5.75 Å². The molecule has 1 aromatic rings. The van der Waals surface area contributed by atoms with Crippen LogP contribution in [0, 0.1) is 0 Å². The fourth-order valence-corrected chi connectivity index (χ4v) is 3.28. The third-order valence-corrected chi connectivity index (χ3v) is 4.49. The molecule has 5 heteroatoms. The summed E-state index contributed by atoms with van der Waals surface area (Å²) in [6.07, 6.45) is 2.50. The molecule has 0 unspecified atom stereocenters. The first kappa shape index (κ1) is 16.0. The lowest BCUT2D eigenvalue weighted by molar-refractivity contribution is 0.228. The highest BCUT2D eigenvalue weighted by atomic mass is 31.2. The van der Waals surface area contributed by atoms with Crippen LogP contribution in [0.1, 0.15) is 20.3 Å². The van der Waals surface area contributed by atoms with E-state index in [9.17, 15) is 4.57 Å². The van der Waals surface area contributed by atoms with E-state index in [0.29, 0.717) is 30.9 Å². The van der Waals surface area contributed by atoms with Gasteiger partial charge in [-0.3, -0.25) is 4.57 Å². The van der Waals surface area contributed by atoms with Crippen LogP contribution in [0.25, 0.3) is 0 Å². The van der Waals surface area contributed by atoms with Crippen LogP contribution in [-0.4, -0.2) is 19.8 Å². The fraction of sp³-hybridized carbons (Fsp3) is 0.429. The quantitative estimate of drug-likeness (QED) is 0.395. The number of ether oxygens (including phenoxy) is 1. The molecular weight excluding hydrogens is 263 g/mol. The maximum atomic E-state index is 12.7. The van der Waals surface area contributed by atoms with Crippen molar-refractivity contribution in [1.29, 1.82) is 0 Å². The number of hydrogen-bond acceptors (Lipinski definition) is 4. The van der Waals surface area contributed by atoms with E-state index in [1.54, 1.807) is 38.1 Å². The van der Waals surface area contributed by atoms with Gasteiger partial charge >= 0.3 is 7.60 Å². The SMILES string of the molecule is C=CCCOc1ccccc1P(=O)(OCC)OCC. The number of hydrogen-bond donors (Lipinski definition) is 0. The van der Waals surface area contributed by atoms with Crippen LogP contribution in [0.15, 0.2) is 36.9 Å². The van der Waals surface area contributed by atoms with Gasteiger partial charge in [-0.05, 0) is 32.4 Å². The van der Waals surface area contributed by atoms with Crippen molar-refractivity contribution in [1.82, 2.24) is 0 Å². The van der Waals surface area contributed by atoms with Crippen LogP contribution >= 0.6 is 7.60 Å². The molecule has 0 aliphatic carbocycles. The predicted octanol–water partition coefficient (Wildman–Crippen LogP) is 3.53. The van der Waals surface area contributed by atoms with Crippen molar-refractivity contribution in [3.63, 3.8) is 0 Å². The van der Waals surface area contributed by atoms with Crippen LogP contribution in [-0.2, 0) is 13.6 Å². The van der Waals surface area contributed by atoms with Gasteiger partial charge in [0.2, 0.25) is 0 Å². The van der Waals surface area contributed by atoms with Crippen LogP contribution in [0.2, 0.25) is 0 Å². The van der Waals surface area contributed by atoms with E-state index in [-0.39, 0.29) is 0 Å². The van der Waals surface area contributed by atoms with E-state index in [0.717, 1.165) is 6.42 Å². The second-order valence-electron chi connectivity index (χ2n) is 3.73. The van der Waals surface area contributed by atoms with E-state index in [2.05, 4.69) is 6.58 Å². The number of para-hydroxylation sites is 1. The Hall–Kier alpha value is -1.09. The minimum atomic E-state index is -3.31. The summed E-state index contributed by atoms with van der Waals surface area (Å²) in [6, 6.07) is 7.10. The standard InChI is InChI=1S/C14H21O4P/c1-4-7-12-16-13-10-8-9-11-14(13)19(15,17-5-2)18-6-3/h4,8-11H,1,5-7,12H2,2-3H3. The maximum Gasteiger partial charge on any atom is 0.365 e. The Labute approximate surface area is 114 Å². The minimum Gasteiger partial charge on any atom is -0.492 e. The summed E-state index contributed by atoms with van der Waals surface area (Å²) in [6.45, 7) is 8.33. The molecule has 0 atom stereocenters. The molecule has 0 heterocycles. The largest absolute Gasteiger partial charge is 0.492 e. The van der Waals surface area contributed by atoms with Gasteiger partial charge in [0.1, 0.15) is 11.1 Å². The normalized spacial score (nSPS) is 11.3. The van der Waals surface area contributed by atoms with Gasteiger partial charge in [-0.2, -0.15) is 0 Å². The first-order valence-electron chi connectivity index (χ1n) is 6.40. The predicted molar refractivity (Wildman–Crippen MR) is 77.2 cm³/mol. The Balaban J connectivity index is 3.01. The van der Waals surface area contributed by atoms with E-state index >= 15 is 0 Å². The molecule has 0 spiro atoms. The molecule has 19 heavy (non-hydrogen) atoms. The summed E-state index contributed by atoms with van der Waals surface area (Å²) in [7, 11) is -3.31. The lowest BCUT2D eigenvalue weighted by Gasteiger charge is -2.19. The molecule has 4 nitrogen and oxygen atoms in total. The highest BCUT2D eigenvalue weighted by molar-refractivity contribution is 7.62. The van der Waals surface area contributed by atoms with Crippen molar-refractivity contribution in [2.45, 2.75) is 20.3 Å². The first-order valence-corrected chi connectivity index (χ1v) is 7.94. The average Bonchev–Trinajstić information content (AvgIpc) is 2.40. The summed E-state index contributed by atoms with van der Waals surface area (Å²) in [4.78, 5) is 0. The third-order valence-electron chi connectivity index (χ3n) is 2.34. The molecular formula is C14H21O4P. The Morgan fingerprint density at radius 3 is 2.42 bits per heavy atom. The molecule has 0 fully saturated rings. The molecule has 0 N–H and O–H groups in total. The van der Waals surface area contributed by atoms with E-state index in [4.69, 9.17) is 13.8 Å². The van der Waals surface area contributed by atoms with Crippen LogP contribution in [0.4, 0.5) is 0 Å². The van der Waals surface area contributed by atoms with Gasteiger partial charge in [0, 0.05) is 0 Å². The second kappa shape index (κ2) is 8.16. The van der Waals surface area contributed by atoms with Crippen molar-refractivity contribution in [3.8, 4) is 5.75 Å². The van der Waals surface area contributed by atoms with Gasteiger partial charge in [-0.25, -0.2) is 0 Å². The molecule has 0 saturated carbocycles. The molecule has 0 aliphatic heterocycles. The topological polar surface area (TPSA) is 44.8 Å². The van der Waals surface area contributed by atoms with Crippen molar-refractivity contribution >= 4 is 12.9 Å². The molecule has 0 bridgehead atoms. The molecule has 1 aromatic carbocycles. The van der Waals surface area contributed by atoms with E-state index in [1.165, 1.54) is 0 Å². The van der Waals surface area contributed by atoms with Gasteiger partial charge in [0.25, 0.3) is 0 Å². The Bertz CT molecular complexity index is 435. The first-order chi connectivity index (χ1) is 9.18. The van der Waals surface area contributed by atoms with Crippen molar-refractivity contribution in [3.05, 3.63) is 36.9 Å². The van der Waals surface area contributed by atoms with Crippen LogP contribution < -0.4 is 10.0 Å². The minimum absolute atomic E-state index is 0.318. The molecule has 0 aromatic heterocycles. The lowest BCUT2D eigenvalue weighted by Crippen LogP contribution is -2.14. The molecule has 0 saturated heterocycles. The van der Waals surface area contributed by atoms with Gasteiger partial charge in [-0.1, -0.05) is 18.2 Å². The van der Waals surface area contributed by atoms with Gasteiger partial charge < -0.3 is 13.8 Å². The Morgan fingerprint density at radius 2 is 1.84 bits per heavy atom. The van der Waals surface area contributed by atoms with Crippen LogP contribution in [0.3, 0.4) is 0 Å². The van der Waals surface area contributed by atoms with Crippen molar-refractivity contribution < 1.29 is 18.3 Å². The summed E-state index contributed by atoms with van der Waals surface area (Å²) in [5.74, 6) is 0.537. The van der Waals surface area contributed by atoms with Gasteiger partial charge in [-0.15, -0.1) is 6.58 Å². The van der Waals surface area contributed by atoms with Gasteiger partial charge in [0.15, 0.2) is 0 Å². The van der Waals surface area contributed by atoms with Crippen molar-refractivity contribution in [2.24, 2.45) is 0 Å². The lowest BCUT2D eigenvalue weighted by atomic mass is 10.3. The highest BCUT2D eigenvalue weighted by Crippen LogP contribution is 2.49. The second-order valence-corrected chi connectivity index (χ2v) is 5.72. The summed E-state index contributed by atoms with van der Waals surface area (Å²) in [5, 5.41) is 0.475. The average molecular weight is 284 g/mol. The monoisotopic (exact) mass is 284 g/mol. The Morgan fingerprint density at radius 1 is 1.21 bits per heavy atom. The number of benzene rings is 1. The summed E-state index contributed by atoms with van der Waals surface area (Å²) in [5.41, 5.74) is 0. The zero-order valence-electron chi connectivity index (χ0n) is 11.5. The molecule has 0 amide bonds. The zero-order chi connectivity index (χ0) is 14.1. The maximum absolute atomic E-state index is 12.7. The molecule has 0 radical (unpaired) electrons. The van der Waals surface area contributed by atoms with E-state index < -0.39 is 7.60 Å². The number of rotatable bonds is 9. The molecule has 1 rings (SSSR count). The van der Waals surface area contributed by atoms with Gasteiger partial charge in [0.05, 0.1) is 19.8 Å². The highest BCUT2D eigenvalue weighted by Gasteiger charge is 2.30. The van der Waals surface area contributed by atoms with E-state index in [1.807, 2.05) is 6.07 Å². The Kier molecular flexibility index (Phi) is 6.85. The summed E-state index contributed by atoms with van der Waals surface area (Å²) < 4.78 is 29.0.